The van der Waals surface area contributed by atoms with Crippen LogP contribution in [0.15, 0.2) is 91.0 Å². The lowest BCUT2D eigenvalue weighted by atomic mass is 9.84. The van der Waals surface area contributed by atoms with E-state index >= 15 is 0 Å². The fourth-order valence-corrected chi connectivity index (χ4v) is 6.13. The first-order valence-electron chi connectivity index (χ1n) is 13.5. The summed E-state index contributed by atoms with van der Waals surface area (Å²) in [4.78, 5) is 14.0. The topological polar surface area (TPSA) is 75.0 Å². The molecule has 5 aromatic rings. The van der Waals surface area contributed by atoms with E-state index in [2.05, 4.69) is 58.5 Å². The van der Waals surface area contributed by atoms with E-state index in [0.29, 0.717) is 11.5 Å². The number of hydrogen-bond acceptors (Lipinski definition) is 3. The van der Waals surface area contributed by atoms with Crippen LogP contribution in [0, 0.1) is 0 Å². The molecule has 1 aliphatic rings. The Morgan fingerprint density at radius 2 is 1.50 bits per heavy atom. The van der Waals surface area contributed by atoms with Gasteiger partial charge in [-0.2, -0.15) is 5.10 Å². The molecule has 40 heavy (non-hydrogen) atoms. The number of carbonyl (C=O) groups excluding carboxylic acids is 1. The fourth-order valence-electron chi connectivity index (χ4n) is 5.88. The molecule has 0 saturated carbocycles. The van der Waals surface area contributed by atoms with Crippen LogP contribution in [0.25, 0.3) is 10.9 Å². The third-order valence-electron chi connectivity index (χ3n) is 7.95. The standard InChI is InChI=1S/C33H30Cl2N4O/c34-27-9-4-22(5-10-27)31(23-6-11-28(35)12-7-23)25-8-13-30-29(19-25)32(38-37-30)24-14-16-39(17-15-24)20-21-2-1-3-26(18-21)33(36)40/h1-13,18-19,24,31H,14-17,20H2,(H2,36,40)(H,37,38). The molecule has 5 nitrogen and oxygen atoms in total. The van der Waals surface area contributed by atoms with Crippen molar-refractivity contribution >= 4 is 40.0 Å². The molecule has 1 aromatic heterocycles. The molecule has 0 bridgehead atoms. The Hall–Kier alpha value is -3.64. The number of piperidine rings is 1. The number of likely N-dealkylation sites (tertiary alicyclic amines) is 1. The van der Waals surface area contributed by atoms with E-state index in [9.17, 15) is 4.79 Å². The number of rotatable bonds is 7. The Balaban J connectivity index is 1.25. The van der Waals surface area contributed by atoms with Crippen LogP contribution < -0.4 is 5.73 Å². The average Bonchev–Trinajstić information content (AvgIpc) is 3.39. The van der Waals surface area contributed by atoms with Gasteiger partial charge in [-0.05, 0) is 96.7 Å². The normalized spacial score (nSPS) is 14.7. The Morgan fingerprint density at radius 3 is 2.12 bits per heavy atom. The van der Waals surface area contributed by atoms with Gasteiger partial charge in [-0.3, -0.25) is 14.8 Å². The highest BCUT2D eigenvalue weighted by molar-refractivity contribution is 6.30. The summed E-state index contributed by atoms with van der Waals surface area (Å²) in [6.45, 7) is 2.75. The monoisotopic (exact) mass is 568 g/mol. The van der Waals surface area contributed by atoms with Crippen molar-refractivity contribution in [2.24, 2.45) is 5.73 Å². The third kappa shape index (κ3) is 5.64. The van der Waals surface area contributed by atoms with Gasteiger partial charge < -0.3 is 5.73 Å². The summed E-state index contributed by atoms with van der Waals surface area (Å²) in [5.41, 5.74) is 12.9. The second-order valence-corrected chi connectivity index (χ2v) is 11.4. The Morgan fingerprint density at radius 1 is 0.875 bits per heavy atom. The number of nitrogens with zero attached hydrogens (tertiary/aromatic N) is 2. The minimum Gasteiger partial charge on any atom is -0.366 e. The second-order valence-electron chi connectivity index (χ2n) is 10.6. The number of carbonyl (C=O) groups is 1. The van der Waals surface area contributed by atoms with Crippen LogP contribution in [0.2, 0.25) is 10.0 Å². The van der Waals surface area contributed by atoms with Gasteiger partial charge in [0.05, 0.1) is 11.2 Å². The molecule has 7 heteroatoms. The number of aromatic amines is 1. The summed E-state index contributed by atoms with van der Waals surface area (Å²) in [5.74, 6) is 0.0288. The molecule has 202 valence electrons. The largest absolute Gasteiger partial charge is 0.366 e. The maximum absolute atomic E-state index is 11.6. The predicted octanol–water partition coefficient (Wildman–Crippen LogP) is 7.53. The van der Waals surface area contributed by atoms with Gasteiger partial charge in [0.25, 0.3) is 0 Å². The van der Waals surface area contributed by atoms with E-state index in [4.69, 9.17) is 34.0 Å². The van der Waals surface area contributed by atoms with Gasteiger partial charge in [0.15, 0.2) is 0 Å². The average molecular weight is 570 g/mol. The molecule has 0 spiro atoms. The van der Waals surface area contributed by atoms with Crippen molar-refractivity contribution in [1.29, 1.82) is 0 Å². The van der Waals surface area contributed by atoms with Gasteiger partial charge >= 0.3 is 0 Å². The molecule has 1 saturated heterocycles. The fraction of sp³-hybridized carbons (Fsp3) is 0.212. The first-order valence-corrected chi connectivity index (χ1v) is 14.3. The van der Waals surface area contributed by atoms with E-state index < -0.39 is 0 Å². The summed E-state index contributed by atoms with van der Waals surface area (Å²) >= 11 is 12.4. The summed E-state index contributed by atoms with van der Waals surface area (Å²) in [6.07, 6.45) is 2.05. The molecule has 0 aliphatic carbocycles. The Kier molecular flexibility index (Phi) is 7.61. The number of amides is 1. The quantitative estimate of drug-likeness (QED) is 0.199. The minimum atomic E-state index is -0.389. The number of nitrogens with one attached hydrogen (secondary N) is 1. The molecule has 0 unspecified atom stereocenters. The van der Waals surface area contributed by atoms with Crippen molar-refractivity contribution < 1.29 is 4.79 Å². The van der Waals surface area contributed by atoms with Crippen molar-refractivity contribution in [2.45, 2.75) is 31.2 Å². The lowest BCUT2D eigenvalue weighted by molar-refractivity contribution is 0.1000. The highest BCUT2D eigenvalue weighted by atomic mass is 35.5. The van der Waals surface area contributed by atoms with Gasteiger partial charge in [0.1, 0.15) is 0 Å². The number of hydrogen-bond donors (Lipinski definition) is 2. The van der Waals surface area contributed by atoms with Crippen LogP contribution in [-0.4, -0.2) is 34.1 Å². The van der Waals surface area contributed by atoms with Gasteiger partial charge in [-0.25, -0.2) is 0 Å². The first kappa shape index (κ1) is 26.6. The molecule has 3 N–H and O–H groups in total. The molecule has 4 aromatic carbocycles. The van der Waals surface area contributed by atoms with Crippen molar-refractivity contribution in [3.8, 4) is 0 Å². The van der Waals surface area contributed by atoms with Crippen LogP contribution in [0.4, 0.5) is 0 Å². The minimum absolute atomic E-state index is 0.0414. The van der Waals surface area contributed by atoms with Crippen LogP contribution in [0.3, 0.4) is 0 Å². The number of benzene rings is 4. The molecule has 6 rings (SSSR count). The molecule has 0 atom stereocenters. The highest BCUT2D eigenvalue weighted by Crippen LogP contribution is 2.37. The van der Waals surface area contributed by atoms with E-state index in [1.54, 1.807) is 6.07 Å². The maximum atomic E-state index is 11.6. The third-order valence-corrected chi connectivity index (χ3v) is 8.45. The van der Waals surface area contributed by atoms with Crippen molar-refractivity contribution in [3.63, 3.8) is 0 Å². The molecular formula is C33H30Cl2N4O. The Labute approximate surface area is 243 Å². The lowest BCUT2D eigenvalue weighted by Crippen LogP contribution is -2.32. The zero-order valence-corrected chi connectivity index (χ0v) is 23.5. The van der Waals surface area contributed by atoms with Gasteiger partial charge in [0.2, 0.25) is 5.91 Å². The van der Waals surface area contributed by atoms with Gasteiger partial charge in [-0.1, -0.05) is 65.7 Å². The number of primary amides is 1. The first-order chi connectivity index (χ1) is 19.4. The number of halogens is 2. The summed E-state index contributed by atoms with van der Waals surface area (Å²) in [6, 6.07) is 30.4. The zero-order valence-electron chi connectivity index (χ0n) is 22.0. The van der Waals surface area contributed by atoms with E-state index in [0.717, 1.165) is 59.3 Å². The number of H-pyrrole nitrogens is 1. The Bertz CT molecular complexity index is 1590. The van der Waals surface area contributed by atoms with Crippen LogP contribution in [0.1, 0.15) is 63.0 Å². The van der Waals surface area contributed by atoms with Crippen molar-refractivity contribution in [2.75, 3.05) is 13.1 Å². The van der Waals surface area contributed by atoms with Crippen LogP contribution in [-0.2, 0) is 6.54 Å². The predicted molar refractivity (Wildman–Crippen MR) is 162 cm³/mol. The summed E-state index contributed by atoms with van der Waals surface area (Å²) in [7, 11) is 0. The maximum Gasteiger partial charge on any atom is 0.248 e. The van der Waals surface area contributed by atoms with Crippen LogP contribution in [0.5, 0.6) is 0 Å². The van der Waals surface area contributed by atoms with Crippen molar-refractivity contribution in [1.82, 2.24) is 15.1 Å². The molecular weight excluding hydrogens is 539 g/mol. The van der Waals surface area contributed by atoms with E-state index in [1.165, 1.54) is 22.1 Å². The molecule has 1 amide bonds. The highest BCUT2D eigenvalue weighted by Gasteiger charge is 2.25. The SMILES string of the molecule is NC(=O)c1cccc(CN2CCC(c3n[nH]c4ccc(C(c5ccc(Cl)cc5)c5ccc(Cl)cc5)cc34)CC2)c1. The molecule has 0 radical (unpaired) electrons. The van der Waals surface area contributed by atoms with Gasteiger partial charge in [0, 0.05) is 39.4 Å². The molecule has 2 heterocycles. The number of fused-ring (bicyclic) bond motifs is 1. The number of nitrogens with two attached hydrogens (primary N) is 1. The van der Waals surface area contributed by atoms with Gasteiger partial charge in [-0.15, -0.1) is 0 Å². The zero-order chi connectivity index (χ0) is 27.6. The van der Waals surface area contributed by atoms with Crippen LogP contribution >= 0.6 is 23.2 Å². The van der Waals surface area contributed by atoms with E-state index in [1.807, 2.05) is 36.4 Å². The molecule has 1 aliphatic heterocycles. The summed E-state index contributed by atoms with van der Waals surface area (Å²) in [5, 5.41) is 10.7. The second kappa shape index (κ2) is 11.5. The van der Waals surface area contributed by atoms with Crippen molar-refractivity contribution in [3.05, 3.63) is 135 Å². The summed E-state index contributed by atoms with van der Waals surface area (Å²) < 4.78 is 0. The number of aromatic nitrogens is 2. The smallest absolute Gasteiger partial charge is 0.248 e. The lowest BCUT2D eigenvalue weighted by Gasteiger charge is -2.31. The molecule has 1 fully saturated rings. The van der Waals surface area contributed by atoms with E-state index in [-0.39, 0.29) is 11.8 Å².